The second kappa shape index (κ2) is 7.97. The molecule has 144 valence electrons. The molecule has 1 fully saturated rings. The van der Waals surface area contributed by atoms with Gasteiger partial charge in [-0.15, -0.1) is 0 Å². The number of rotatable bonds is 4. The van der Waals surface area contributed by atoms with Gasteiger partial charge in [0.15, 0.2) is 0 Å². The smallest absolute Gasteiger partial charge is 0.256 e. The zero-order valence-corrected chi connectivity index (χ0v) is 17.3. The number of carbonyl (C=O) groups excluding carboxylic acids is 1. The number of hydrogen-bond acceptors (Lipinski definition) is 5. The number of nitrogens with two attached hydrogens (primary N) is 1. The number of anilines is 2. The molecule has 0 bridgehead atoms. The van der Waals surface area contributed by atoms with Crippen LogP contribution in [0, 0.1) is 0 Å². The van der Waals surface area contributed by atoms with Gasteiger partial charge in [0.25, 0.3) is 5.91 Å². The van der Waals surface area contributed by atoms with E-state index in [0.717, 1.165) is 31.9 Å². The first-order valence-corrected chi connectivity index (χ1v) is 10.8. The van der Waals surface area contributed by atoms with Crippen molar-refractivity contribution >= 4 is 43.2 Å². The van der Waals surface area contributed by atoms with Gasteiger partial charge in [-0.25, -0.2) is 13.6 Å². The third kappa shape index (κ3) is 4.86. The Morgan fingerprint density at radius 1 is 1.07 bits per heavy atom. The summed E-state index contributed by atoms with van der Waals surface area (Å²) in [6.45, 7) is 3.98. The van der Waals surface area contributed by atoms with Gasteiger partial charge in [0.2, 0.25) is 10.0 Å². The SMILES string of the molecule is CN1CCN(c2ccc(NC(=O)c3cc(S(N)(=O)=O)ccc3Br)cc2)CC1. The molecule has 1 aliphatic heterocycles. The van der Waals surface area contributed by atoms with Crippen molar-refractivity contribution in [3.05, 3.63) is 52.5 Å². The molecule has 3 rings (SSSR count). The summed E-state index contributed by atoms with van der Waals surface area (Å²) in [7, 11) is -1.77. The molecule has 2 aromatic carbocycles. The van der Waals surface area contributed by atoms with Crippen molar-refractivity contribution in [1.82, 2.24) is 4.90 Å². The van der Waals surface area contributed by atoms with Crippen LogP contribution in [-0.2, 0) is 10.0 Å². The average molecular weight is 453 g/mol. The summed E-state index contributed by atoms with van der Waals surface area (Å²) in [5.41, 5.74) is 1.94. The Bertz CT molecular complexity index is 940. The Kier molecular flexibility index (Phi) is 5.85. The highest BCUT2D eigenvalue weighted by Crippen LogP contribution is 2.23. The number of nitrogens with one attached hydrogen (secondary N) is 1. The monoisotopic (exact) mass is 452 g/mol. The lowest BCUT2D eigenvalue weighted by molar-refractivity contribution is 0.102. The van der Waals surface area contributed by atoms with Crippen LogP contribution < -0.4 is 15.4 Å². The van der Waals surface area contributed by atoms with E-state index in [1.54, 1.807) is 0 Å². The molecule has 2 aromatic rings. The minimum atomic E-state index is -3.88. The Morgan fingerprint density at radius 2 is 1.70 bits per heavy atom. The summed E-state index contributed by atoms with van der Waals surface area (Å²) < 4.78 is 23.5. The number of benzene rings is 2. The van der Waals surface area contributed by atoms with Crippen molar-refractivity contribution in [3.63, 3.8) is 0 Å². The second-order valence-corrected chi connectivity index (χ2v) is 8.89. The largest absolute Gasteiger partial charge is 0.369 e. The summed E-state index contributed by atoms with van der Waals surface area (Å²) in [5.74, 6) is -0.417. The molecular weight excluding hydrogens is 432 g/mol. The van der Waals surface area contributed by atoms with Crippen molar-refractivity contribution in [3.8, 4) is 0 Å². The van der Waals surface area contributed by atoms with E-state index < -0.39 is 15.9 Å². The molecule has 1 amide bonds. The molecule has 1 saturated heterocycles. The fourth-order valence-corrected chi connectivity index (χ4v) is 3.84. The summed E-state index contributed by atoms with van der Waals surface area (Å²) in [5, 5.41) is 7.93. The maximum Gasteiger partial charge on any atom is 0.256 e. The molecule has 0 atom stereocenters. The molecule has 1 aliphatic rings. The summed E-state index contributed by atoms with van der Waals surface area (Å²) in [6, 6.07) is 11.7. The number of piperazine rings is 1. The molecule has 0 radical (unpaired) electrons. The van der Waals surface area contributed by atoms with Crippen LogP contribution in [0.5, 0.6) is 0 Å². The Balaban J connectivity index is 1.73. The molecule has 0 unspecified atom stereocenters. The standard InChI is InChI=1S/C18H21BrN4O3S/c1-22-8-10-23(11-9-22)14-4-2-13(3-5-14)21-18(24)16-12-15(27(20,25)26)6-7-17(16)19/h2-7,12H,8-11H2,1H3,(H,21,24)(H2,20,25,26). The maximum absolute atomic E-state index is 12.5. The summed E-state index contributed by atoms with van der Waals surface area (Å²) in [4.78, 5) is 17.0. The number of amides is 1. The predicted octanol–water partition coefficient (Wildman–Crippen LogP) is 2.10. The zero-order chi connectivity index (χ0) is 19.6. The number of halogens is 1. The van der Waals surface area contributed by atoms with Crippen LogP contribution in [0.4, 0.5) is 11.4 Å². The van der Waals surface area contributed by atoms with Gasteiger partial charge >= 0.3 is 0 Å². The van der Waals surface area contributed by atoms with Crippen molar-refractivity contribution in [2.75, 3.05) is 43.4 Å². The summed E-state index contributed by atoms with van der Waals surface area (Å²) >= 11 is 3.27. The highest BCUT2D eigenvalue weighted by Gasteiger charge is 2.17. The van der Waals surface area contributed by atoms with Crippen LogP contribution in [0.3, 0.4) is 0 Å². The molecular formula is C18H21BrN4O3S. The first-order valence-electron chi connectivity index (χ1n) is 8.41. The molecule has 7 nitrogen and oxygen atoms in total. The Hall–Kier alpha value is -1.94. The number of likely N-dealkylation sites (N-methyl/N-ethyl adjacent to an activating group) is 1. The molecule has 0 saturated carbocycles. The van der Waals surface area contributed by atoms with Gasteiger partial charge < -0.3 is 15.1 Å². The topological polar surface area (TPSA) is 95.7 Å². The minimum Gasteiger partial charge on any atom is -0.369 e. The lowest BCUT2D eigenvalue weighted by atomic mass is 10.2. The van der Waals surface area contributed by atoms with Crippen molar-refractivity contribution < 1.29 is 13.2 Å². The number of sulfonamides is 1. The van der Waals surface area contributed by atoms with Crippen LogP contribution in [0.15, 0.2) is 51.8 Å². The molecule has 1 heterocycles. The number of primary sulfonamides is 1. The van der Waals surface area contributed by atoms with Crippen molar-refractivity contribution in [2.45, 2.75) is 4.90 Å². The van der Waals surface area contributed by atoms with E-state index in [9.17, 15) is 13.2 Å². The average Bonchev–Trinajstić information content (AvgIpc) is 2.62. The van der Waals surface area contributed by atoms with Gasteiger partial charge in [-0.05, 0) is 65.4 Å². The lowest BCUT2D eigenvalue weighted by Gasteiger charge is -2.34. The van der Waals surface area contributed by atoms with Crippen molar-refractivity contribution in [2.24, 2.45) is 5.14 Å². The Morgan fingerprint density at radius 3 is 2.30 bits per heavy atom. The first kappa shape index (κ1) is 19.8. The molecule has 0 aliphatic carbocycles. The maximum atomic E-state index is 12.5. The third-order valence-corrected chi connectivity index (χ3v) is 6.11. The van der Waals surface area contributed by atoms with Crippen LogP contribution in [0.25, 0.3) is 0 Å². The van der Waals surface area contributed by atoms with E-state index in [1.807, 2.05) is 24.3 Å². The van der Waals surface area contributed by atoms with Gasteiger partial charge in [0, 0.05) is 42.0 Å². The Labute approximate surface area is 167 Å². The van der Waals surface area contributed by atoms with E-state index in [-0.39, 0.29) is 10.5 Å². The van der Waals surface area contributed by atoms with E-state index in [1.165, 1.54) is 18.2 Å². The zero-order valence-electron chi connectivity index (χ0n) is 14.9. The molecule has 9 heteroatoms. The fourth-order valence-electron chi connectivity index (χ4n) is 2.87. The third-order valence-electron chi connectivity index (χ3n) is 4.50. The normalized spacial score (nSPS) is 15.6. The van der Waals surface area contributed by atoms with E-state index in [4.69, 9.17) is 5.14 Å². The van der Waals surface area contributed by atoms with Crippen LogP contribution in [0.1, 0.15) is 10.4 Å². The van der Waals surface area contributed by atoms with E-state index in [2.05, 4.69) is 38.1 Å². The van der Waals surface area contributed by atoms with E-state index in [0.29, 0.717) is 10.2 Å². The van der Waals surface area contributed by atoms with Crippen LogP contribution in [0.2, 0.25) is 0 Å². The molecule has 0 aromatic heterocycles. The first-order chi connectivity index (χ1) is 12.7. The molecule has 0 spiro atoms. The number of carbonyl (C=O) groups is 1. The second-order valence-electron chi connectivity index (χ2n) is 6.48. The quantitative estimate of drug-likeness (QED) is 0.740. The minimum absolute atomic E-state index is 0.110. The highest BCUT2D eigenvalue weighted by molar-refractivity contribution is 9.10. The summed E-state index contributed by atoms with van der Waals surface area (Å²) in [6.07, 6.45) is 0. The number of hydrogen-bond donors (Lipinski definition) is 2. The fraction of sp³-hybridized carbons (Fsp3) is 0.278. The van der Waals surface area contributed by atoms with E-state index >= 15 is 0 Å². The van der Waals surface area contributed by atoms with Crippen molar-refractivity contribution in [1.29, 1.82) is 0 Å². The van der Waals surface area contributed by atoms with Gasteiger partial charge in [0.05, 0.1) is 10.5 Å². The van der Waals surface area contributed by atoms with Gasteiger partial charge in [0.1, 0.15) is 0 Å². The predicted molar refractivity (Wildman–Crippen MR) is 110 cm³/mol. The van der Waals surface area contributed by atoms with Gasteiger partial charge in [-0.1, -0.05) is 0 Å². The molecule has 27 heavy (non-hydrogen) atoms. The highest BCUT2D eigenvalue weighted by atomic mass is 79.9. The molecule has 3 N–H and O–H groups in total. The van der Waals surface area contributed by atoms with Crippen LogP contribution >= 0.6 is 15.9 Å². The number of nitrogens with zero attached hydrogens (tertiary/aromatic N) is 2. The lowest BCUT2D eigenvalue weighted by Crippen LogP contribution is -2.44. The van der Waals surface area contributed by atoms with Crippen LogP contribution in [-0.4, -0.2) is 52.5 Å². The van der Waals surface area contributed by atoms with Gasteiger partial charge in [-0.3, -0.25) is 4.79 Å². The van der Waals surface area contributed by atoms with Gasteiger partial charge in [-0.2, -0.15) is 0 Å².